The Hall–Kier alpha value is -2.27. The second-order valence-electron chi connectivity index (χ2n) is 5.14. The monoisotopic (exact) mass is 411 g/mol. The zero-order chi connectivity index (χ0) is 17.5. The molecule has 1 N–H and O–H groups in total. The van der Waals surface area contributed by atoms with Gasteiger partial charge in [-0.2, -0.15) is 28.4 Å². The van der Waals surface area contributed by atoms with E-state index >= 15 is 0 Å². The van der Waals surface area contributed by atoms with Gasteiger partial charge in [-0.3, -0.25) is 9.40 Å². The van der Waals surface area contributed by atoms with E-state index in [1.165, 1.54) is 15.6 Å². The molecule has 0 saturated carbocycles. The van der Waals surface area contributed by atoms with Crippen LogP contribution in [0.3, 0.4) is 0 Å². The van der Waals surface area contributed by atoms with E-state index in [1.807, 2.05) is 6.92 Å². The third kappa shape index (κ3) is 3.04. The number of aryl methyl sites for hydroxylation is 3. The highest BCUT2D eigenvalue weighted by Gasteiger charge is 2.24. The molecule has 3 aromatic rings. The van der Waals surface area contributed by atoms with Crippen LogP contribution >= 0.6 is 15.9 Å². The van der Waals surface area contributed by atoms with E-state index < -0.39 is 10.0 Å². The molecule has 0 spiro atoms. The van der Waals surface area contributed by atoms with Gasteiger partial charge in [-0.15, -0.1) is 5.10 Å². The predicted octanol–water partition coefficient (Wildman–Crippen LogP) is 1.58. The van der Waals surface area contributed by atoms with Gasteiger partial charge in [0.05, 0.1) is 22.1 Å². The van der Waals surface area contributed by atoms with Gasteiger partial charge in [-0.25, -0.2) is 0 Å². The third-order valence-corrected chi connectivity index (χ3v) is 5.48. The number of hydrogen-bond acceptors (Lipinski definition) is 6. The normalized spacial score (nSPS) is 11.7. The first kappa shape index (κ1) is 16.6. The van der Waals surface area contributed by atoms with Crippen LogP contribution in [0.15, 0.2) is 33.9 Å². The van der Waals surface area contributed by atoms with Crippen LogP contribution in [-0.4, -0.2) is 38.2 Å². The minimum atomic E-state index is -3.86. The minimum Gasteiger partial charge on any atom is -0.262 e. The summed E-state index contributed by atoms with van der Waals surface area (Å²) in [6.07, 6.45) is 1.42. The second kappa shape index (κ2) is 5.98. The Balaban J connectivity index is 2.04. The first-order valence-corrected chi connectivity index (χ1v) is 9.13. The maximum atomic E-state index is 12.7. The molecule has 0 aliphatic carbocycles. The topological polar surface area (TPSA) is 108 Å². The molecule has 0 amide bonds. The molecule has 11 heteroatoms. The summed E-state index contributed by atoms with van der Waals surface area (Å²) in [6, 6.07) is 5.10. The average Bonchev–Trinajstić information content (AvgIpc) is 3.02. The lowest BCUT2D eigenvalue weighted by Gasteiger charge is -2.10. The average molecular weight is 412 g/mol. The van der Waals surface area contributed by atoms with Crippen molar-refractivity contribution in [3.8, 4) is 5.82 Å². The first-order chi connectivity index (χ1) is 11.3. The van der Waals surface area contributed by atoms with Crippen molar-refractivity contribution in [3.63, 3.8) is 0 Å². The Labute approximate surface area is 146 Å². The van der Waals surface area contributed by atoms with Gasteiger partial charge in [-0.05, 0) is 41.9 Å². The zero-order valence-corrected chi connectivity index (χ0v) is 15.5. The summed E-state index contributed by atoms with van der Waals surface area (Å²) in [5.74, 6) is 0.675. The highest BCUT2D eigenvalue weighted by Crippen LogP contribution is 2.24. The van der Waals surface area contributed by atoms with E-state index in [0.717, 1.165) is 5.69 Å². The summed E-state index contributed by atoms with van der Waals surface area (Å²) in [5.41, 5.74) is 1.39. The molecule has 0 atom stereocenters. The SMILES string of the molecule is Cc1ccc(-n2nc(C)cc2NS(=O)(=O)c2c(Br)cnn2C)nn1. The van der Waals surface area contributed by atoms with Crippen molar-refractivity contribution in [2.45, 2.75) is 18.9 Å². The summed E-state index contributed by atoms with van der Waals surface area (Å²) in [5, 5.41) is 16.2. The molecule has 0 aliphatic heterocycles. The lowest BCUT2D eigenvalue weighted by molar-refractivity contribution is 0.580. The maximum Gasteiger partial charge on any atom is 0.281 e. The summed E-state index contributed by atoms with van der Waals surface area (Å²) < 4.78 is 30.9. The molecule has 0 bridgehead atoms. The van der Waals surface area contributed by atoms with Gasteiger partial charge in [0, 0.05) is 13.1 Å². The molecule has 0 aliphatic rings. The zero-order valence-electron chi connectivity index (χ0n) is 13.1. The molecule has 3 rings (SSSR count). The summed E-state index contributed by atoms with van der Waals surface area (Å²) in [7, 11) is -2.31. The molecule has 0 radical (unpaired) electrons. The Morgan fingerprint density at radius 1 is 1.17 bits per heavy atom. The van der Waals surface area contributed by atoms with Gasteiger partial charge in [0.2, 0.25) is 0 Å². The number of sulfonamides is 1. The predicted molar refractivity (Wildman–Crippen MR) is 90.3 cm³/mol. The Morgan fingerprint density at radius 2 is 1.92 bits per heavy atom. The smallest absolute Gasteiger partial charge is 0.262 e. The quantitative estimate of drug-likeness (QED) is 0.697. The van der Waals surface area contributed by atoms with E-state index in [9.17, 15) is 8.42 Å². The Bertz CT molecular complexity index is 973. The summed E-state index contributed by atoms with van der Waals surface area (Å²) in [6.45, 7) is 3.57. The van der Waals surface area contributed by atoms with Gasteiger partial charge in [0.25, 0.3) is 10.0 Å². The molecule has 0 fully saturated rings. The molecular weight excluding hydrogens is 398 g/mol. The van der Waals surface area contributed by atoms with Crippen molar-refractivity contribution >= 4 is 31.8 Å². The molecular formula is C13H14BrN7O2S. The molecule has 0 unspecified atom stereocenters. The molecule has 3 aromatic heterocycles. The van der Waals surface area contributed by atoms with Crippen LogP contribution in [-0.2, 0) is 17.1 Å². The van der Waals surface area contributed by atoms with Crippen LogP contribution in [0.2, 0.25) is 0 Å². The number of rotatable bonds is 4. The van der Waals surface area contributed by atoms with Crippen molar-refractivity contribution in [3.05, 3.63) is 40.3 Å². The number of anilines is 1. The van der Waals surface area contributed by atoms with Crippen LogP contribution < -0.4 is 4.72 Å². The largest absolute Gasteiger partial charge is 0.281 e. The molecule has 24 heavy (non-hydrogen) atoms. The molecule has 0 saturated heterocycles. The van der Waals surface area contributed by atoms with Crippen molar-refractivity contribution in [2.24, 2.45) is 7.05 Å². The number of aromatic nitrogens is 6. The summed E-state index contributed by atoms with van der Waals surface area (Å²) >= 11 is 3.20. The lowest BCUT2D eigenvalue weighted by Crippen LogP contribution is -2.19. The van der Waals surface area contributed by atoms with Crippen LogP contribution in [0.25, 0.3) is 5.82 Å². The number of halogens is 1. The van der Waals surface area contributed by atoms with Gasteiger partial charge < -0.3 is 0 Å². The van der Waals surface area contributed by atoms with Gasteiger partial charge in [0.15, 0.2) is 10.8 Å². The summed E-state index contributed by atoms with van der Waals surface area (Å²) in [4.78, 5) is 0. The Morgan fingerprint density at radius 3 is 2.50 bits per heavy atom. The van der Waals surface area contributed by atoms with Crippen molar-refractivity contribution in [1.82, 2.24) is 29.8 Å². The Kier molecular flexibility index (Phi) is 4.13. The van der Waals surface area contributed by atoms with E-state index in [2.05, 4.69) is 41.0 Å². The van der Waals surface area contributed by atoms with Gasteiger partial charge in [-0.1, -0.05) is 0 Å². The van der Waals surface area contributed by atoms with E-state index in [1.54, 1.807) is 32.2 Å². The van der Waals surface area contributed by atoms with Crippen molar-refractivity contribution in [2.75, 3.05) is 4.72 Å². The fourth-order valence-electron chi connectivity index (χ4n) is 2.14. The van der Waals surface area contributed by atoms with Crippen LogP contribution in [0.1, 0.15) is 11.4 Å². The van der Waals surface area contributed by atoms with Crippen LogP contribution in [0.5, 0.6) is 0 Å². The third-order valence-electron chi connectivity index (χ3n) is 3.17. The van der Waals surface area contributed by atoms with Crippen molar-refractivity contribution in [1.29, 1.82) is 0 Å². The fourth-order valence-corrected chi connectivity index (χ4v) is 4.35. The number of hydrogen-bond donors (Lipinski definition) is 1. The molecule has 0 aromatic carbocycles. The highest BCUT2D eigenvalue weighted by molar-refractivity contribution is 9.10. The van der Waals surface area contributed by atoms with Crippen molar-refractivity contribution < 1.29 is 8.42 Å². The van der Waals surface area contributed by atoms with Crippen LogP contribution in [0.4, 0.5) is 5.82 Å². The minimum absolute atomic E-state index is 0.0166. The number of nitrogens with one attached hydrogen (secondary N) is 1. The van der Waals surface area contributed by atoms with Gasteiger partial charge in [0.1, 0.15) is 5.82 Å². The molecule has 126 valence electrons. The second-order valence-corrected chi connectivity index (χ2v) is 7.59. The van der Waals surface area contributed by atoms with Crippen LogP contribution in [0, 0.1) is 13.8 Å². The molecule has 9 nitrogen and oxygen atoms in total. The van der Waals surface area contributed by atoms with E-state index in [-0.39, 0.29) is 10.8 Å². The lowest BCUT2D eigenvalue weighted by atomic mass is 10.4. The van der Waals surface area contributed by atoms with E-state index in [0.29, 0.717) is 16.0 Å². The number of nitrogens with zero attached hydrogens (tertiary/aromatic N) is 6. The highest BCUT2D eigenvalue weighted by atomic mass is 79.9. The molecule has 3 heterocycles. The maximum absolute atomic E-state index is 12.7. The standard InChI is InChI=1S/C13H14BrN7O2S/c1-8-4-5-11(17-16-8)21-12(6-9(2)18-21)19-24(22,23)13-10(14)7-15-20(13)3/h4-7,19H,1-3H3. The fraction of sp³-hybridized carbons (Fsp3) is 0.231. The first-order valence-electron chi connectivity index (χ1n) is 6.85. The van der Waals surface area contributed by atoms with Gasteiger partial charge >= 0.3 is 0 Å². The van der Waals surface area contributed by atoms with E-state index in [4.69, 9.17) is 0 Å².